The predicted molar refractivity (Wildman–Crippen MR) is 59.1 cm³/mol. The van der Waals surface area contributed by atoms with Gasteiger partial charge in [0.1, 0.15) is 5.75 Å². The summed E-state index contributed by atoms with van der Waals surface area (Å²) in [6, 6.07) is 6.68. The fourth-order valence-electron chi connectivity index (χ4n) is 1.39. The van der Waals surface area contributed by atoms with Gasteiger partial charge in [-0.25, -0.2) is 0 Å². The van der Waals surface area contributed by atoms with Crippen molar-refractivity contribution in [2.24, 2.45) is 0 Å². The van der Waals surface area contributed by atoms with Crippen molar-refractivity contribution in [1.82, 2.24) is 4.98 Å². The van der Waals surface area contributed by atoms with Crippen molar-refractivity contribution >= 4 is 22.5 Å². The number of hydrogen-bond acceptors (Lipinski definition) is 4. The van der Waals surface area contributed by atoms with Crippen molar-refractivity contribution < 1.29 is 9.92 Å². The maximum atomic E-state index is 10.2. The summed E-state index contributed by atoms with van der Waals surface area (Å²) in [6.07, 6.45) is 0. The molecule has 0 atom stereocenters. The van der Waals surface area contributed by atoms with E-state index in [0.29, 0.717) is 16.2 Å². The van der Waals surface area contributed by atoms with Gasteiger partial charge in [0.15, 0.2) is 0 Å². The molecule has 1 aromatic heterocycles. The van der Waals surface area contributed by atoms with Gasteiger partial charge in [-0.2, -0.15) is 0 Å². The number of aryl methyl sites for hydroxylation is 1. The normalized spacial score (nSPS) is 10.4. The Morgan fingerprint density at radius 2 is 2.19 bits per heavy atom. The zero-order chi connectivity index (χ0) is 11.7. The van der Waals surface area contributed by atoms with Gasteiger partial charge in [0.05, 0.1) is 11.2 Å². The van der Waals surface area contributed by atoms with Gasteiger partial charge in [-0.15, -0.1) is 10.1 Å². The van der Waals surface area contributed by atoms with Gasteiger partial charge >= 0.3 is 0 Å². The second-order valence-corrected chi connectivity index (χ2v) is 3.66. The number of hydrogen-bond donors (Lipinski definition) is 0. The van der Waals surface area contributed by atoms with Gasteiger partial charge in [0.2, 0.25) is 0 Å². The highest BCUT2D eigenvalue weighted by Crippen LogP contribution is 2.24. The highest BCUT2D eigenvalue weighted by atomic mass is 35.5. The maximum absolute atomic E-state index is 10.2. The molecule has 0 bridgehead atoms. The second kappa shape index (κ2) is 3.94. The molecule has 0 radical (unpaired) electrons. The van der Waals surface area contributed by atoms with Crippen LogP contribution in [0.25, 0.3) is 10.9 Å². The van der Waals surface area contributed by atoms with E-state index in [4.69, 9.17) is 11.6 Å². The molecule has 2 rings (SSSR count). The summed E-state index contributed by atoms with van der Waals surface area (Å²) >= 11 is 5.82. The smallest absolute Gasteiger partial charge is 0.274 e. The third kappa shape index (κ3) is 2.04. The van der Waals surface area contributed by atoms with Crippen LogP contribution in [0.1, 0.15) is 5.69 Å². The first kappa shape index (κ1) is 10.6. The van der Waals surface area contributed by atoms with Crippen LogP contribution in [0.3, 0.4) is 0 Å². The summed E-state index contributed by atoms with van der Waals surface area (Å²) < 4.78 is 0. The van der Waals surface area contributed by atoms with E-state index in [9.17, 15) is 10.1 Å². The lowest BCUT2D eigenvalue weighted by atomic mass is 10.2. The second-order valence-electron chi connectivity index (χ2n) is 3.22. The highest BCUT2D eigenvalue weighted by Gasteiger charge is 2.07. The van der Waals surface area contributed by atoms with Crippen LogP contribution >= 0.6 is 11.6 Å². The quantitative estimate of drug-likeness (QED) is 0.596. The number of fused-ring (bicyclic) bond motifs is 1. The number of pyridine rings is 1. The lowest BCUT2D eigenvalue weighted by molar-refractivity contribution is -0.711. The molecule has 0 aliphatic carbocycles. The number of halogens is 1. The van der Waals surface area contributed by atoms with Crippen LogP contribution in [0.15, 0.2) is 24.3 Å². The molecule has 0 spiro atoms. The van der Waals surface area contributed by atoms with Crippen LogP contribution in [0, 0.1) is 17.0 Å². The van der Waals surface area contributed by atoms with E-state index in [-0.39, 0.29) is 5.75 Å². The number of benzene rings is 1. The fraction of sp³-hybridized carbons (Fsp3) is 0.100. The van der Waals surface area contributed by atoms with Gasteiger partial charge in [-0.3, -0.25) is 9.82 Å². The van der Waals surface area contributed by atoms with E-state index in [1.54, 1.807) is 31.2 Å². The third-order valence-corrected chi connectivity index (χ3v) is 2.33. The zero-order valence-electron chi connectivity index (χ0n) is 8.31. The van der Waals surface area contributed by atoms with E-state index >= 15 is 0 Å². The number of nitrogens with zero attached hydrogens (tertiary/aromatic N) is 2. The summed E-state index contributed by atoms with van der Waals surface area (Å²) in [5.74, 6) is 0.139. The Kier molecular flexibility index (Phi) is 2.62. The molecule has 0 saturated heterocycles. The van der Waals surface area contributed by atoms with Crippen LogP contribution < -0.4 is 4.84 Å². The molecule has 82 valence electrons. The molecule has 1 aromatic carbocycles. The highest BCUT2D eigenvalue weighted by molar-refractivity contribution is 6.31. The predicted octanol–water partition coefficient (Wildman–Crippen LogP) is 2.77. The van der Waals surface area contributed by atoms with Crippen molar-refractivity contribution in [1.29, 1.82) is 0 Å². The Morgan fingerprint density at radius 3 is 2.88 bits per heavy atom. The van der Waals surface area contributed by atoms with E-state index < -0.39 is 5.09 Å². The minimum absolute atomic E-state index is 0.139. The van der Waals surface area contributed by atoms with E-state index in [1.807, 2.05) is 0 Å². The first-order chi connectivity index (χ1) is 7.56. The molecule has 16 heavy (non-hydrogen) atoms. The minimum atomic E-state index is -0.855. The van der Waals surface area contributed by atoms with Crippen LogP contribution in [-0.2, 0) is 0 Å². The molecule has 0 N–H and O–H groups in total. The lowest BCUT2D eigenvalue weighted by Gasteiger charge is -2.05. The molecule has 1 heterocycles. The van der Waals surface area contributed by atoms with Crippen LogP contribution in [0.2, 0.25) is 5.02 Å². The van der Waals surface area contributed by atoms with Crippen molar-refractivity contribution in [3.63, 3.8) is 0 Å². The summed E-state index contributed by atoms with van der Waals surface area (Å²) in [6.45, 7) is 1.64. The minimum Gasteiger partial charge on any atom is -0.274 e. The Morgan fingerprint density at radius 1 is 1.44 bits per heavy atom. The molecule has 0 aliphatic rings. The number of rotatable bonds is 2. The first-order valence-electron chi connectivity index (χ1n) is 4.45. The molecular weight excluding hydrogens is 232 g/mol. The molecule has 0 unspecified atom stereocenters. The molecular formula is C10H7ClN2O3. The SMILES string of the molecule is Cc1nc2cc(Cl)ccc2cc1O[N+](=O)[O-]. The van der Waals surface area contributed by atoms with Crippen molar-refractivity contribution in [2.75, 3.05) is 0 Å². The summed E-state index contributed by atoms with van der Waals surface area (Å²) in [5, 5.41) is 10.7. The Balaban J connectivity index is 2.58. The van der Waals surface area contributed by atoms with Crippen LogP contribution in [0.4, 0.5) is 0 Å². The lowest BCUT2D eigenvalue weighted by Crippen LogP contribution is -2.05. The number of aromatic nitrogens is 1. The average molecular weight is 239 g/mol. The fourth-order valence-corrected chi connectivity index (χ4v) is 1.56. The van der Waals surface area contributed by atoms with Gasteiger partial charge in [-0.05, 0) is 25.1 Å². The van der Waals surface area contributed by atoms with Crippen molar-refractivity contribution in [2.45, 2.75) is 6.92 Å². The Hall–Kier alpha value is -1.88. The van der Waals surface area contributed by atoms with Crippen LogP contribution in [0.5, 0.6) is 5.75 Å². The standard InChI is InChI=1S/C10H7ClN2O3/c1-6-10(16-13(14)15)4-7-2-3-8(11)5-9(7)12-6/h2-5H,1H3. The van der Waals surface area contributed by atoms with Crippen molar-refractivity contribution in [3.05, 3.63) is 45.1 Å². The topological polar surface area (TPSA) is 65.3 Å². The van der Waals surface area contributed by atoms with E-state index in [0.717, 1.165) is 5.39 Å². The molecule has 0 fully saturated rings. The molecule has 6 heteroatoms. The summed E-state index contributed by atoms with van der Waals surface area (Å²) in [5.41, 5.74) is 1.13. The zero-order valence-corrected chi connectivity index (χ0v) is 9.06. The first-order valence-corrected chi connectivity index (χ1v) is 4.83. The molecule has 0 aliphatic heterocycles. The molecule has 5 nitrogen and oxygen atoms in total. The van der Waals surface area contributed by atoms with Gasteiger partial charge in [-0.1, -0.05) is 17.7 Å². The van der Waals surface area contributed by atoms with Gasteiger partial charge < -0.3 is 0 Å². The van der Waals surface area contributed by atoms with Crippen molar-refractivity contribution in [3.8, 4) is 5.75 Å². The monoisotopic (exact) mass is 238 g/mol. The largest absolute Gasteiger partial charge is 0.299 e. The third-order valence-electron chi connectivity index (χ3n) is 2.10. The summed E-state index contributed by atoms with van der Waals surface area (Å²) in [7, 11) is 0. The molecule has 0 amide bonds. The Labute approximate surface area is 95.7 Å². The summed E-state index contributed by atoms with van der Waals surface area (Å²) in [4.78, 5) is 18.8. The van der Waals surface area contributed by atoms with Gasteiger partial charge in [0.25, 0.3) is 5.09 Å². The maximum Gasteiger partial charge on any atom is 0.299 e. The molecule has 0 saturated carbocycles. The van der Waals surface area contributed by atoms with E-state index in [2.05, 4.69) is 9.82 Å². The van der Waals surface area contributed by atoms with Gasteiger partial charge in [0, 0.05) is 10.4 Å². The average Bonchev–Trinajstić information content (AvgIpc) is 2.19. The van der Waals surface area contributed by atoms with Crippen LogP contribution in [-0.4, -0.2) is 10.1 Å². The Bertz CT molecular complexity index is 571. The molecule has 2 aromatic rings. The van der Waals surface area contributed by atoms with E-state index in [1.165, 1.54) is 0 Å².